The van der Waals surface area contributed by atoms with Crippen molar-refractivity contribution in [2.75, 3.05) is 4.90 Å². The fourth-order valence-corrected chi connectivity index (χ4v) is 1.77. The summed E-state index contributed by atoms with van der Waals surface area (Å²) in [5.41, 5.74) is 1.41. The maximum Gasteiger partial charge on any atom is 0.328 e. The standard InChI is InChI=1S/C14H11NO4/c1-9-7-12(16)15(14(9)19)11-4-2-3-10(8-11)5-6-13(17)18/h2-8H,1H3,(H,17,18)/b6-5+. The second-order valence-corrected chi connectivity index (χ2v) is 4.07. The number of anilines is 1. The zero-order valence-corrected chi connectivity index (χ0v) is 10.2. The van der Waals surface area contributed by atoms with Crippen molar-refractivity contribution in [3.63, 3.8) is 0 Å². The largest absolute Gasteiger partial charge is 0.478 e. The summed E-state index contributed by atoms with van der Waals surface area (Å²) in [5.74, 6) is -1.80. The molecule has 19 heavy (non-hydrogen) atoms. The highest BCUT2D eigenvalue weighted by Gasteiger charge is 2.29. The van der Waals surface area contributed by atoms with Gasteiger partial charge in [-0.2, -0.15) is 0 Å². The molecule has 0 saturated heterocycles. The number of hydrogen-bond donors (Lipinski definition) is 1. The molecule has 1 aromatic rings. The first kappa shape index (κ1) is 12.8. The van der Waals surface area contributed by atoms with E-state index in [1.165, 1.54) is 12.2 Å². The summed E-state index contributed by atoms with van der Waals surface area (Å²) in [6.07, 6.45) is 3.68. The lowest BCUT2D eigenvalue weighted by atomic mass is 10.1. The molecule has 0 fully saturated rings. The Morgan fingerprint density at radius 1 is 1.32 bits per heavy atom. The summed E-state index contributed by atoms with van der Waals surface area (Å²) in [4.78, 5) is 35.0. The highest BCUT2D eigenvalue weighted by Crippen LogP contribution is 2.23. The van der Waals surface area contributed by atoms with Gasteiger partial charge >= 0.3 is 5.97 Å². The van der Waals surface area contributed by atoms with E-state index in [2.05, 4.69) is 0 Å². The molecule has 1 N–H and O–H groups in total. The van der Waals surface area contributed by atoms with Crippen LogP contribution in [0.5, 0.6) is 0 Å². The van der Waals surface area contributed by atoms with Gasteiger partial charge in [-0.25, -0.2) is 9.69 Å². The van der Waals surface area contributed by atoms with E-state index in [-0.39, 0.29) is 11.8 Å². The lowest BCUT2D eigenvalue weighted by Gasteiger charge is -2.14. The SMILES string of the molecule is CC1=CC(=O)N(c2cccc(/C=C/C(=O)O)c2)C1=O. The molecule has 96 valence electrons. The van der Waals surface area contributed by atoms with Crippen LogP contribution < -0.4 is 4.90 Å². The topological polar surface area (TPSA) is 74.7 Å². The molecule has 1 aromatic carbocycles. The molecule has 2 amide bonds. The van der Waals surface area contributed by atoms with Gasteiger partial charge in [-0.3, -0.25) is 9.59 Å². The van der Waals surface area contributed by atoms with Gasteiger partial charge in [0.15, 0.2) is 0 Å². The molecular weight excluding hydrogens is 246 g/mol. The van der Waals surface area contributed by atoms with Crippen LogP contribution in [0.2, 0.25) is 0 Å². The third-order valence-electron chi connectivity index (χ3n) is 2.65. The van der Waals surface area contributed by atoms with Crippen LogP contribution in [0.3, 0.4) is 0 Å². The van der Waals surface area contributed by atoms with Crippen LogP contribution in [0.1, 0.15) is 12.5 Å². The lowest BCUT2D eigenvalue weighted by Crippen LogP contribution is -2.30. The summed E-state index contributed by atoms with van der Waals surface area (Å²) in [7, 11) is 0. The maximum absolute atomic E-state index is 11.8. The Bertz CT molecular complexity index is 628. The van der Waals surface area contributed by atoms with Crippen LogP contribution in [0.4, 0.5) is 5.69 Å². The van der Waals surface area contributed by atoms with Crippen molar-refractivity contribution in [3.8, 4) is 0 Å². The second kappa shape index (κ2) is 4.89. The summed E-state index contributed by atoms with van der Waals surface area (Å²) >= 11 is 0. The number of hydrogen-bond acceptors (Lipinski definition) is 3. The van der Waals surface area contributed by atoms with E-state index in [0.717, 1.165) is 11.0 Å². The normalized spacial score (nSPS) is 15.2. The van der Waals surface area contributed by atoms with Crippen LogP contribution >= 0.6 is 0 Å². The molecule has 1 heterocycles. The van der Waals surface area contributed by atoms with E-state index < -0.39 is 5.97 Å². The number of carbonyl (C=O) groups excluding carboxylic acids is 2. The van der Waals surface area contributed by atoms with Crippen molar-refractivity contribution >= 4 is 29.5 Å². The average molecular weight is 257 g/mol. The molecular formula is C14H11NO4. The first-order valence-corrected chi connectivity index (χ1v) is 5.57. The molecule has 0 unspecified atom stereocenters. The number of imide groups is 1. The Morgan fingerprint density at radius 3 is 2.63 bits per heavy atom. The van der Waals surface area contributed by atoms with E-state index in [1.807, 2.05) is 0 Å². The minimum atomic E-state index is -1.06. The average Bonchev–Trinajstić information content (AvgIpc) is 2.61. The highest BCUT2D eigenvalue weighted by atomic mass is 16.4. The predicted octanol–water partition coefficient (Wildman–Crippen LogP) is 1.60. The van der Waals surface area contributed by atoms with E-state index >= 15 is 0 Å². The van der Waals surface area contributed by atoms with Gasteiger partial charge < -0.3 is 5.11 Å². The fraction of sp³-hybridized carbons (Fsp3) is 0.0714. The Morgan fingerprint density at radius 2 is 2.05 bits per heavy atom. The summed E-state index contributed by atoms with van der Waals surface area (Å²) in [6.45, 7) is 1.58. The number of amides is 2. The Kier molecular flexibility index (Phi) is 3.29. The molecule has 2 rings (SSSR count). The van der Waals surface area contributed by atoms with Gasteiger partial charge in [-0.1, -0.05) is 12.1 Å². The zero-order valence-electron chi connectivity index (χ0n) is 10.2. The lowest BCUT2D eigenvalue weighted by molar-refractivity contribution is -0.131. The molecule has 0 bridgehead atoms. The molecule has 5 heteroatoms. The Balaban J connectivity index is 2.32. The van der Waals surface area contributed by atoms with E-state index in [0.29, 0.717) is 16.8 Å². The van der Waals surface area contributed by atoms with Crippen LogP contribution in [0.25, 0.3) is 6.08 Å². The molecule has 0 spiro atoms. The number of benzene rings is 1. The fourth-order valence-electron chi connectivity index (χ4n) is 1.77. The number of carboxylic acids is 1. The Labute approximate surface area is 109 Å². The van der Waals surface area contributed by atoms with Crippen LogP contribution in [0.15, 0.2) is 42.0 Å². The third-order valence-corrected chi connectivity index (χ3v) is 2.65. The van der Waals surface area contributed by atoms with Gasteiger partial charge in [0.2, 0.25) is 0 Å². The van der Waals surface area contributed by atoms with Crippen molar-refractivity contribution in [1.29, 1.82) is 0 Å². The van der Waals surface area contributed by atoms with Gasteiger partial charge in [0.1, 0.15) is 0 Å². The monoisotopic (exact) mass is 257 g/mol. The smallest absolute Gasteiger partial charge is 0.328 e. The van der Waals surface area contributed by atoms with Gasteiger partial charge in [0, 0.05) is 17.7 Å². The third kappa shape index (κ3) is 2.60. The van der Waals surface area contributed by atoms with Gasteiger partial charge in [0.05, 0.1) is 5.69 Å². The van der Waals surface area contributed by atoms with Gasteiger partial charge in [0.25, 0.3) is 11.8 Å². The molecule has 0 atom stereocenters. The van der Waals surface area contributed by atoms with Crippen molar-refractivity contribution in [2.24, 2.45) is 0 Å². The zero-order chi connectivity index (χ0) is 14.0. The van der Waals surface area contributed by atoms with Gasteiger partial charge in [-0.15, -0.1) is 0 Å². The van der Waals surface area contributed by atoms with Gasteiger partial charge in [-0.05, 0) is 30.7 Å². The molecule has 0 aromatic heterocycles. The van der Waals surface area contributed by atoms with Crippen LogP contribution in [0, 0.1) is 0 Å². The number of carboxylic acid groups (broad SMARTS) is 1. The van der Waals surface area contributed by atoms with Crippen molar-refractivity contribution in [1.82, 2.24) is 0 Å². The summed E-state index contributed by atoms with van der Waals surface area (Å²) < 4.78 is 0. The number of carbonyl (C=O) groups is 3. The number of aliphatic carboxylic acids is 1. The molecule has 0 aliphatic carbocycles. The number of rotatable bonds is 3. The molecule has 1 aliphatic heterocycles. The molecule has 1 aliphatic rings. The predicted molar refractivity (Wildman–Crippen MR) is 69.4 cm³/mol. The van der Waals surface area contributed by atoms with Crippen molar-refractivity contribution in [3.05, 3.63) is 47.6 Å². The second-order valence-electron chi connectivity index (χ2n) is 4.07. The first-order chi connectivity index (χ1) is 8.99. The first-order valence-electron chi connectivity index (χ1n) is 5.57. The summed E-state index contributed by atoms with van der Waals surface area (Å²) in [5, 5.41) is 8.56. The Hall–Kier alpha value is -2.69. The van der Waals surface area contributed by atoms with Crippen molar-refractivity contribution in [2.45, 2.75) is 6.92 Å². The number of nitrogens with zero attached hydrogens (tertiary/aromatic N) is 1. The van der Waals surface area contributed by atoms with E-state index in [1.54, 1.807) is 31.2 Å². The minimum absolute atomic E-state index is 0.357. The van der Waals surface area contributed by atoms with Crippen LogP contribution in [-0.2, 0) is 14.4 Å². The van der Waals surface area contributed by atoms with E-state index in [4.69, 9.17) is 5.11 Å². The van der Waals surface area contributed by atoms with Crippen molar-refractivity contribution < 1.29 is 19.5 Å². The summed E-state index contributed by atoms with van der Waals surface area (Å²) in [6, 6.07) is 6.56. The maximum atomic E-state index is 11.8. The molecule has 0 saturated carbocycles. The minimum Gasteiger partial charge on any atom is -0.478 e. The highest BCUT2D eigenvalue weighted by molar-refractivity contribution is 6.30. The molecule has 5 nitrogen and oxygen atoms in total. The molecule has 0 radical (unpaired) electrons. The quantitative estimate of drug-likeness (QED) is 0.659. The van der Waals surface area contributed by atoms with E-state index in [9.17, 15) is 14.4 Å². The van der Waals surface area contributed by atoms with Crippen LogP contribution in [-0.4, -0.2) is 22.9 Å².